The molecule has 0 aromatic heterocycles. The summed E-state index contributed by atoms with van der Waals surface area (Å²) in [5.74, 6) is 1.08. The molecular weight excluding hydrogens is 232 g/mol. The second kappa shape index (κ2) is 6.91. The Balaban J connectivity index is 2.07. The van der Waals surface area contributed by atoms with Gasteiger partial charge in [-0.1, -0.05) is 63.1 Å². The smallest absolute Gasteiger partial charge is 0.0603 e. The van der Waals surface area contributed by atoms with E-state index in [-0.39, 0.29) is 6.10 Å². The van der Waals surface area contributed by atoms with Gasteiger partial charge < -0.3 is 5.11 Å². The Morgan fingerprint density at radius 3 is 2.58 bits per heavy atom. The first-order valence-electron chi connectivity index (χ1n) is 7.61. The molecule has 1 fully saturated rings. The first-order valence-corrected chi connectivity index (χ1v) is 7.61. The maximum Gasteiger partial charge on any atom is 0.0603 e. The molecule has 0 amide bonds. The highest BCUT2D eigenvalue weighted by molar-refractivity contribution is 5.54. The van der Waals surface area contributed by atoms with Crippen molar-refractivity contribution in [1.82, 2.24) is 0 Å². The fourth-order valence-electron chi connectivity index (χ4n) is 2.73. The molecule has 0 aliphatic heterocycles. The van der Waals surface area contributed by atoms with Crippen molar-refractivity contribution < 1.29 is 5.11 Å². The zero-order valence-corrected chi connectivity index (χ0v) is 12.2. The van der Waals surface area contributed by atoms with Gasteiger partial charge in [-0.05, 0) is 42.2 Å². The minimum absolute atomic E-state index is 0.249. The minimum atomic E-state index is -0.249. The molecule has 1 N–H and O–H groups in total. The van der Waals surface area contributed by atoms with Crippen molar-refractivity contribution >= 4 is 6.08 Å². The average Bonchev–Trinajstić information content (AvgIpc) is 2.90. The van der Waals surface area contributed by atoms with Gasteiger partial charge in [-0.2, -0.15) is 0 Å². The number of hydrogen-bond donors (Lipinski definition) is 1. The van der Waals surface area contributed by atoms with Gasteiger partial charge in [-0.25, -0.2) is 0 Å². The van der Waals surface area contributed by atoms with Crippen molar-refractivity contribution in [1.29, 1.82) is 0 Å². The third-order valence-corrected chi connectivity index (χ3v) is 4.20. The van der Waals surface area contributed by atoms with Gasteiger partial charge in [0.2, 0.25) is 0 Å². The Kier molecular flexibility index (Phi) is 5.21. The fraction of sp³-hybridized carbons (Fsp3) is 0.556. The number of aliphatic hydroxyl groups excluding tert-OH is 1. The Morgan fingerprint density at radius 2 is 1.89 bits per heavy atom. The molecule has 1 aromatic rings. The van der Waals surface area contributed by atoms with E-state index in [1.165, 1.54) is 36.8 Å². The molecule has 0 spiro atoms. The van der Waals surface area contributed by atoms with Gasteiger partial charge >= 0.3 is 0 Å². The monoisotopic (exact) mass is 258 g/mol. The zero-order chi connectivity index (χ0) is 13.7. The maximum atomic E-state index is 10.1. The zero-order valence-electron chi connectivity index (χ0n) is 12.2. The van der Waals surface area contributed by atoms with Crippen LogP contribution in [0.25, 0.3) is 6.08 Å². The molecule has 104 valence electrons. The predicted molar refractivity (Wildman–Crippen MR) is 82.0 cm³/mol. The minimum Gasteiger partial charge on any atom is -0.393 e. The highest BCUT2D eigenvalue weighted by atomic mass is 16.3. The molecule has 1 heteroatoms. The fourth-order valence-corrected chi connectivity index (χ4v) is 2.73. The molecule has 0 saturated heterocycles. The summed E-state index contributed by atoms with van der Waals surface area (Å²) < 4.78 is 0. The molecule has 1 atom stereocenters. The molecule has 0 radical (unpaired) electrons. The van der Waals surface area contributed by atoms with E-state index in [1.807, 2.05) is 0 Å². The summed E-state index contributed by atoms with van der Waals surface area (Å²) in [6.07, 6.45) is 10.6. The van der Waals surface area contributed by atoms with Crippen LogP contribution >= 0.6 is 0 Å². The van der Waals surface area contributed by atoms with Crippen LogP contribution in [0.1, 0.15) is 50.7 Å². The molecule has 1 nitrogen and oxygen atoms in total. The Bertz CT molecular complexity index is 413. The van der Waals surface area contributed by atoms with Crippen molar-refractivity contribution in [2.45, 2.75) is 52.1 Å². The van der Waals surface area contributed by atoms with E-state index in [2.05, 4.69) is 50.3 Å². The highest BCUT2D eigenvalue weighted by Gasteiger charge is 2.13. The quantitative estimate of drug-likeness (QED) is 0.827. The summed E-state index contributed by atoms with van der Waals surface area (Å²) >= 11 is 0. The lowest BCUT2D eigenvalue weighted by Gasteiger charge is -2.16. The molecule has 1 aromatic carbocycles. The average molecular weight is 258 g/mol. The summed E-state index contributed by atoms with van der Waals surface area (Å²) in [5.41, 5.74) is 2.53. The molecule has 1 saturated carbocycles. The van der Waals surface area contributed by atoms with Crippen LogP contribution in [0.15, 0.2) is 30.3 Å². The van der Waals surface area contributed by atoms with E-state index in [4.69, 9.17) is 0 Å². The third-order valence-electron chi connectivity index (χ3n) is 4.20. The molecule has 1 unspecified atom stereocenters. The van der Waals surface area contributed by atoms with Crippen molar-refractivity contribution in [2.75, 3.05) is 0 Å². The molecule has 19 heavy (non-hydrogen) atoms. The third kappa shape index (κ3) is 4.21. The Hall–Kier alpha value is -1.08. The summed E-state index contributed by atoms with van der Waals surface area (Å²) in [6, 6.07) is 8.45. The Morgan fingerprint density at radius 1 is 1.21 bits per heavy atom. The van der Waals surface area contributed by atoms with Crippen LogP contribution in [-0.4, -0.2) is 11.2 Å². The van der Waals surface area contributed by atoms with Crippen LogP contribution in [0, 0.1) is 11.8 Å². The van der Waals surface area contributed by atoms with Gasteiger partial charge in [0, 0.05) is 0 Å². The molecule has 0 heterocycles. The number of benzene rings is 1. The summed E-state index contributed by atoms with van der Waals surface area (Å²) in [4.78, 5) is 0. The van der Waals surface area contributed by atoms with E-state index in [0.29, 0.717) is 5.92 Å². The van der Waals surface area contributed by atoms with E-state index in [0.717, 1.165) is 12.3 Å². The van der Waals surface area contributed by atoms with E-state index in [9.17, 15) is 5.11 Å². The first-order chi connectivity index (χ1) is 9.16. The highest BCUT2D eigenvalue weighted by Crippen LogP contribution is 2.27. The molecule has 2 rings (SSSR count). The van der Waals surface area contributed by atoms with Gasteiger partial charge in [-0.3, -0.25) is 0 Å². The second-order valence-corrected chi connectivity index (χ2v) is 6.12. The standard InChI is InChI=1S/C18H26O/c1-14(2)18(19)13-17-10-6-5-9-16(17)12-11-15-7-3-4-8-15/h5-6,9-12,14-15,18-19H,3-4,7-8,13H2,1-2H3/b12-11+. The van der Waals surface area contributed by atoms with E-state index < -0.39 is 0 Å². The lowest BCUT2D eigenvalue weighted by atomic mass is 9.95. The van der Waals surface area contributed by atoms with Crippen molar-refractivity contribution in [2.24, 2.45) is 11.8 Å². The van der Waals surface area contributed by atoms with Gasteiger partial charge in [-0.15, -0.1) is 0 Å². The first kappa shape index (κ1) is 14.3. The summed E-state index contributed by atoms with van der Waals surface area (Å²) in [5, 5.41) is 10.1. The van der Waals surface area contributed by atoms with Crippen LogP contribution in [0.4, 0.5) is 0 Å². The maximum absolute atomic E-state index is 10.1. The molecule has 0 bridgehead atoms. The van der Waals surface area contributed by atoms with Crippen LogP contribution in [0.5, 0.6) is 0 Å². The molecule has 1 aliphatic rings. The predicted octanol–water partition coefficient (Wildman–Crippen LogP) is 4.45. The normalized spacial score (nSPS) is 18.5. The van der Waals surface area contributed by atoms with Crippen LogP contribution in [0.2, 0.25) is 0 Å². The number of aliphatic hydroxyl groups is 1. The van der Waals surface area contributed by atoms with Gasteiger partial charge in [0.1, 0.15) is 0 Å². The van der Waals surface area contributed by atoms with Crippen molar-refractivity contribution in [3.8, 4) is 0 Å². The van der Waals surface area contributed by atoms with Crippen LogP contribution < -0.4 is 0 Å². The van der Waals surface area contributed by atoms with Gasteiger partial charge in [0.05, 0.1) is 6.10 Å². The van der Waals surface area contributed by atoms with E-state index in [1.54, 1.807) is 0 Å². The SMILES string of the molecule is CC(C)C(O)Cc1ccccc1/C=C/C1CCCC1. The lowest BCUT2D eigenvalue weighted by Crippen LogP contribution is -2.18. The summed E-state index contributed by atoms with van der Waals surface area (Å²) in [7, 11) is 0. The van der Waals surface area contributed by atoms with E-state index >= 15 is 0 Å². The summed E-state index contributed by atoms with van der Waals surface area (Å²) in [6.45, 7) is 4.14. The van der Waals surface area contributed by atoms with Crippen LogP contribution in [-0.2, 0) is 6.42 Å². The molecular formula is C18H26O. The van der Waals surface area contributed by atoms with Crippen LogP contribution in [0.3, 0.4) is 0 Å². The van der Waals surface area contributed by atoms with Gasteiger partial charge in [0.15, 0.2) is 0 Å². The number of allylic oxidation sites excluding steroid dienone is 1. The number of rotatable bonds is 5. The topological polar surface area (TPSA) is 20.2 Å². The lowest BCUT2D eigenvalue weighted by molar-refractivity contribution is 0.125. The van der Waals surface area contributed by atoms with Crippen molar-refractivity contribution in [3.05, 3.63) is 41.5 Å². The molecule has 1 aliphatic carbocycles. The van der Waals surface area contributed by atoms with Crippen molar-refractivity contribution in [3.63, 3.8) is 0 Å². The Labute approximate surface area is 117 Å². The second-order valence-electron chi connectivity index (χ2n) is 6.12. The van der Waals surface area contributed by atoms with Gasteiger partial charge in [0.25, 0.3) is 0 Å². The number of hydrogen-bond acceptors (Lipinski definition) is 1. The largest absolute Gasteiger partial charge is 0.393 e.